The second-order valence-corrected chi connectivity index (χ2v) is 2.70. The molecule has 13 heavy (non-hydrogen) atoms. The van der Waals surface area contributed by atoms with Crippen LogP contribution in [0.4, 0.5) is 4.39 Å². The van der Waals surface area contributed by atoms with Crippen molar-refractivity contribution in [3.05, 3.63) is 35.8 Å². The van der Waals surface area contributed by atoms with E-state index in [1.54, 1.807) is 12.1 Å². The fraction of sp³-hybridized carbons (Fsp3) is 0.100. The van der Waals surface area contributed by atoms with Crippen molar-refractivity contribution < 1.29 is 8.81 Å². The van der Waals surface area contributed by atoms with Crippen LogP contribution in [0.5, 0.6) is 0 Å². The maximum absolute atomic E-state index is 13.1. The summed E-state index contributed by atoms with van der Waals surface area (Å²) in [6.45, 7) is 0. The Balaban J connectivity index is 2.72. The van der Waals surface area contributed by atoms with E-state index in [2.05, 4.69) is 0 Å². The molecule has 0 atom stereocenters. The summed E-state index contributed by atoms with van der Waals surface area (Å²) in [6, 6.07) is 6.49. The predicted octanol–water partition coefficient (Wildman–Crippen LogP) is 2.64. The van der Waals surface area contributed by atoms with Crippen LogP contribution in [0.1, 0.15) is 5.56 Å². The molecule has 0 aliphatic carbocycles. The van der Waals surface area contributed by atoms with Gasteiger partial charge in [0.1, 0.15) is 11.4 Å². The van der Waals surface area contributed by atoms with E-state index >= 15 is 0 Å². The van der Waals surface area contributed by atoms with E-state index in [1.807, 2.05) is 6.07 Å². The molecular weight excluding hydrogens is 169 g/mol. The van der Waals surface area contributed by atoms with Crippen LogP contribution in [0.25, 0.3) is 11.0 Å². The molecule has 2 aromatic rings. The van der Waals surface area contributed by atoms with E-state index < -0.39 is 0 Å². The molecule has 0 spiro atoms. The summed E-state index contributed by atoms with van der Waals surface area (Å²) in [5.74, 6) is -0.314. The number of furan rings is 1. The Kier molecular flexibility index (Phi) is 1.75. The number of nitrogens with zero attached hydrogens (tertiary/aromatic N) is 1. The number of benzene rings is 1. The number of halogens is 1. The van der Waals surface area contributed by atoms with E-state index in [0.29, 0.717) is 11.0 Å². The Bertz CT molecular complexity index is 481. The lowest BCUT2D eigenvalue weighted by Crippen LogP contribution is -1.84. The van der Waals surface area contributed by atoms with Crippen LogP contribution in [0.15, 0.2) is 28.9 Å². The standard InChI is InChI=1S/C10H6FNO/c11-9-2-1-7(3-5-12)10-8(9)4-6-13-10/h1-2,4,6H,3H2. The van der Waals surface area contributed by atoms with E-state index in [9.17, 15) is 4.39 Å². The van der Waals surface area contributed by atoms with Gasteiger partial charge in [0.15, 0.2) is 0 Å². The summed E-state index contributed by atoms with van der Waals surface area (Å²) < 4.78 is 18.2. The van der Waals surface area contributed by atoms with Gasteiger partial charge in [-0.1, -0.05) is 6.07 Å². The molecule has 0 saturated carbocycles. The fourth-order valence-electron chi connectivity index (χ4n) is 1.31. The topological polar surface area (TPSA) is 36.9 Å². The number of nitriles is 1. The smallest absolute Gasteiger partial charge is 0.141 e. The van der Waals surface area contributed by atoms with Gasteiger partial charge in [0, 0.05) is 5.56 Å². The van der Waals surface area contributed by atoms with E-state index in [1.165, 1.54) is 12.3 Å². The minimum absolute atomic E-state index is 0.240. The average molecular weight is 175 g/mol. The van der Waals surface area contributed by atoms with Crippen LogP contribution in [0.2, 0.25) is 0 Å². The van der Waals surface area contributed by atoms with Crippen LogP contribution in [0, 0.1) is 17.1 Å². The largest absolute Gasteiger partial charge is 0.464 e. The summed E-state index contributed by atoms with van der Waals surface area (Å²) in [4.78, 5) is 0. The summed E-state index contributed by atoms with van der Waals surface area (Å²) in [5.41, 5.74) is 1.20. The molecule has 3 heteroatoms. The zero-order valence-electron chi connectivity index (χ0n) is 6.75. The zero-order chi connectivity index (χ0) is 9.26. The molecule has 1 aromatic carbocycles. The van der Waals surface area contributed by atoms with Crippen LogP contribution < -0.4 is 0 Å². The third-order valence-corrected chi connectivity index (χ3v) is 1.91. The first-order chi connectivity index (χ1) is 6.33. The van der Waals surface area contributed by atoms with Gasteiger partial charge >= 0.3 is 0 Å². The maximum atomic E-state index is 13.1. The van der Waals surface area contributed by atoms with E-state index in [0.717, 1.165) is 5.56 Å². The van der Waals surface area contributed by atoms with Crippen molar-refractivity contribution in [3.63, 3.8) is 0 Å². The number of hydrogen-bond donors (Lipinski definition) is 0. The normalized spacial score (nSPS) is 10.2. The Labute approximate surface area is 74.2 Å². The molecule has 0 aliphatic heterocycles. The third kappa shape index (κ3) is 1.17. The Hall–Kier alpha value is -1.82. The third-order valence-electron chi connectivity index (χ3n) is 1.91. The van der Waals surface area contributed by atoms with E-state index in [-0.39, 0.29) is 12.2 Å². The van der Waals surface area contributed by atoms with Crippen molar-refractivity contribution in [2.45, 2.75) is 6.42 Å². The minimum Gasteiger partial charge on any atom is -0.464 e. The molecule has 1 heterocycles. The van der Waals surface area contributed by atoms with Crippen LogP contribution in [-0.2, 0) is 6.42 Å². The monoisotopic (exact) mass is 175 g/mol. The SMILES string of the molecule is N#CCc1ccc(F)c2ccoc12. The first kappa shape index (κ1) is 7.81. The van der Waals surface area contributed by atoms with Crippen molar-refractivity contribution in [2.75, 3.05) is 0 Å². The van der Waals surface area contributed by atoms with Crippen molar-refractivity contribution >= 4 is 11.0 Å². The quantitative estimate of drug-likeness (QED) is 0.668. The predicted molar refractivity (Wildman–Crippen MR) is 45.5 cm³/mol. The molecule has 0 bridgehead atoms. The summed E-state index contributed by atoms with van der Waals surface area (Å²) >= 11 is 0. The van der Waals surface area contributed by atoms with Gasteiger partial charge in [-0.05, 0) is 12.1 Å². The molecule has 0 unspecified atom stereocenters. The van der Waals surface area contributed by atoms with E-state index in [4.69, 9.17) is 9.68 Å². The van der Waals surface area contributed by atoms with Gasteiger partial charge in [-0.2, -0.15) is 5.26 Å². The first-order valence-corrected chi connectivity index (χ1v) is 3.84. The molecular formula is C10H6FNO. The Morgan fingerprint density at radius 1 is 1.38 bits per heavy atom. The first-order valence-electron chi connectivity index (χ1n) is 3.84. The lowest BCUT2D eigenvalue weighted by Gasteiger charge is -1.96. The average Bonchev–Trinajstić information content (AvgIpc) is 2.59. The Morgan fingerprint density at radius 2 is 2.23 bits per heavy atom. The van der Waals surface area contributed by atoms with Gasteiger partial charge in [-0.25, -0.2) is 4.39 Å². The maximum Gasteiger partial charge on any atom is 0.141 e. The van der Waals surface area contributed by atoms with Gasteiger partial charge in [0.25, 0.3) is 0 Å². The molecule has 64 valence electrons. The van der Waals surface area contributed by atoms with Crippen LogP contribution in [-0.4, -0.2) is 0 Å². The van der Waals surface area contributed by atoms with Crippen molar-refractivity contribution in [1.29, 1.82) is 5.26 Å². The fourth-order valence-corrected chi connectivity index (χ4v) is 1.31. The molecule has 0 saturated heterocycles. The molecule has 0 fully saturated rings. The molecule has 1 aromatic heterocycles. The Morgan fingerprint density at radius 3 is 3.00 bits per heavy atom. The van der Waals surface area contributed by atoms with Gasteiger partial charge in [-0.15, -0.1) is 0 Å². The number of rotatable bonds is 1. The summed E-state index contributed by atoms with van der Waals surface area (Å²) in [6.07, 6.45) is 1.67. The molecule has 0 N–H and O–H groups in total. The molecule has 0 amide bonds. The van der Waals surface area contributed by atoms with Crippen LogP contribution in [0.3, 0.4) is 0 Å². The molecule has 0 aliphatic rings. The summed E-state index contributed by atoms with van der Waals surface area (Å²) in [5, 5.41) is 8.94. The highest BCUT2D eigenvalue weighted by Crippen LogP contribution is 2.23. The number of hydrogen-bond acceptors (Lipinski definition) is 2. The van der Waals surface area contributed by atoms with Crippen LogP contribution >= 0.6 is 0 Å². The van der Waals surface area contributed by atoms with Gasteiger partial charge in [0.05, 0.1) is 24.1 Å². The second kappa shape index (κ2) is 2.91. The highest BCUT2D eigenvalue weighted by Gasteiger charge is 2.07. The second-order valence-electron chi connectivity index (χ2n) is 2.70. The van der Waals surface area contributed by atoms with Gasteiger partial charge < -0.3 is 4.42 Å². The highest BCUT2D eigenvalue weighted by atomic mass is 19.1. The lowest BCUT2D eigenvalue weighted by atomic mass is 10.1. The lowest BCUT2D eigenvalue weighted by molar-refractivity contribution is 0.607. The zero-order valence-corrected chi connectivity index (χ0v) is 6.75. The van der Waals surface area contributed by atoms with Crippen molar-refractivity contribution in [3.8, 4) is 6.07 Å². The molecule has 2 rings (SSSR count). The number of fused-ring (bicyclic) bond motifs is 1. The molecule has 2 nitrogen and oxygen atoms in total. The molecule has 0 radical (unpaired) electrons. The van der Waals surface area contributed by atoms with Crippen molar-refractivity contribution in [1.82, 2.24) is 0 Å². The van der Waals surface area contributed by atoms with Crippen molar-refractivity contribution in [2.24, 2.45) is 0 Å². The van der Waals surface area contributed by atoms with Gasteiger partial charge in [0.2, 0.25) is 0 Å². The summed E-state index contributed by atoms with van der Waals surface area (Å²) in [7, 11) is 0. The minimum atomic E-state index is -0.314. The highest BCUT2D eigenvalue weighted by molar-refractivity contribution is 5.81. The van der Waals surface area contributed by atoms with Gasteiger partial charge in [-0.3, -0.25) is 0 Å².